The molecule has 0 radical (unpaired) electrons. The second kappa shape index (κ2) is 3.64. The number of ether oxygens (including phenoxy) is 2. The third kappa shape index (κ3) is 1.41. The van der Waals surface area contributed by atoms with Crippen LogP contribution in [0.3, 0.4) is 0 Å². The van der Waals surface area contributed by atoms with Crippen LogP contribution in [0.15, 0.2) is 0 Å². The van der Waals surface area contributed by atoms with Crippen LogP contribution in [0.25, 0.3) is 0 Å². The van der Waals surface area contributed by atoms with Crippen LogP contribution in [0.5, 0.6) is 11.5 Å². The fourth-order valence-corrected chi connectivity index (χ4v) is 2.95. The van der Waals surface area contributed by atoms with E-state index in [1.54, 1.807) is 0 Å². The van der Waals surface area contributed by atoms with Gasteiger partial charge in [0.15, 0.2) is 0 Å². The molecule has 2 aliphatic rings. The normalized spacial score (nSPS) is 24.2. The maximum atomic E-state index is 11.5. The topological polar surface area (TPSA) is 55.8 Å². The second-order valence-electron chi connectivity index (χ2n) is 5.19. The average molecular weight is 248 g/mol. The van der Waals surface area contributed by atoms with E-state index in [4.69, 9.17) is 9.47 Å². The molecule has 96 valence electrons. The highest BCUT2D eigenvalue weighted by atomic mass is 16.5. The van der Waals surface area contributed by atoms with Crippen molar-refractivity contribution in [1.82, 2.24) is 0 Å². The SMILES string of the molecule is Cc1c2c(c(C(=O)O)c3c1OC(C)C3)OC(C)C2. The zero-order chi connectivity index (χ0) is 13.0. The number of hydrogen-bond acceptors (Lipinski definition) is 3. The lowest BCUT2D eigenvalue weighted by atomic mass is 9.94. The molecule has 18 heavy (non-hydrogen) atoms. The van der Waals surface area contributed by atoms with Crippen LogP contribution >= 0.6 is 0 Å². The van der Waals surface area contributed by atoms with Crippen molar-refractivity contribution in [3.63, 3.8) is 0 Å². The van der Waals surface area contributed by atoms with Crippen molar-refractivity contribution in [3.05, 3.63) is 22.3 Å². The Morgan fingerprint density at radius 2 is 1.67 bits per heavy atom. The van der Waals surface area contributed by atoms with Crippen LogP contribution in [0.4, 0.5) is 0 Å². The standard InChI is InChI=1S/C14H16O4/c1-6-4-9-8(3)12-10(5-7(2)17-12)11(14(15)16)13(9)18-6/h6-7H,4-5H2,1-3H3,(H,15,16). The zero-order valence-electron chi connectivity index (χ0n) is 10.7. The van der Waals surface area contributed by atoms with Gasteiger partial charge in [-0.1, -0.05) is 0 Å². The number of carbonyl (C=O) groups is 1. The Hall–Kier alpha value is -1.71. The van der Waals surface area contributed by atoms with E-state index in [1.807, 2.05) is 20.8 Å². The summed E-state index contributed by atoms with van der Waals surface area (Å²) < 4.78 is 11.5. The first-order valence-electron chi connectivity index (χ1n) is 6.24. The molecule has 0 saturated heterocycles. The Balaban J connectivity index is 2.29. The molecule has 2 aliphatic heterocycles. The van der Waals surface area contributed by atoms with Gasteiger partial charge in [-0.2, -0.15) is 0 Å². The lowest BCUT2D eigenvalue weighted by Crippen LogP contribution is -2.09. The van der Waals surface area contributed by atoms with Crippen molar-refractivity contribution < 1.29 is 19.4 Å². The molecule has 1 aromatic rings. The van der Waals surface area contributed by atoms with Crippen LogP contribution in [0, 0.1) is 6.92 Å². The quantitative estimate of drug-likeness (QED) is 0.828. The number of benzene rings is 1. The summed E-state index contributed by atoms with van der Waals surface area (Å²) in [6.45, 7) is 5.90. The van der Waals surface area contributed by atoms with E-state index in [0.29, 0.717) is 17.7 Å². The van der Waals surface area contributed by atoms with E-state index >= 15 is 0 Å². The maximum absolute atomic E-state index is 11.5. The van der Waals surface area contributed by atoms with E-state index in [2.05, 4.69) is 0 Å². The van der Waals surface area contributed by atoms with Gasteiger partial charge in [0.25, 0.3) is 0 Å². The van der Waals surface area contributed by atoms with E-state index in [0.717, 1.165) is 28.9 Å². The van der Waals surface area contributed by atoms with Gasteiger partial charge in [0.2, 0.25) is 0 Å². The van der Waals surface area contributed by atoms with Gasteiger partial charge in [-0.05, 0) is 26.3 Å². The summed E-state index contributed by atoms with van der Waals surface area (Å²) in [6, 6.07) is 0. The maximum Gasteiger partial charge on any atom is 0.339 e. The summed E-state index contributed by atoms with van der Waals surface area (Å²) in [5, 5.41) is 9.44. The predicted octanol–water partition coefficient (Wildman–Crippen LogP) is 2.34. The Labute approximate surface area is 106 Å². The third-order valence-corrected chi connectivity index (χ3v) is 3.71. The smallest absolute Gasteiger partial charge is 0.339 e. The minimum absolute atomic E-state index is 0.0387. The Morgan fingerprint density at radius 1 is 1.11 bits per heavy atom. The van der Waals surface area contributed by atoms with E-state index in [-0.39, 0.29) is 12.2 Å². The molecule has 1 aromatic carbocycles. The van der Waals surface area contributed by atoms with Crippen LogP contribution < -0.4 is 9.47 Å². The largest absolute Gasteiger partial charge is 0.490 e. The van der Waals surface area contributed by atoms with Gasteiger partial charge in [-0.15, -0.1) is 0 Å². The predicted molar refractivity (Wildman–Crippen MR) is 65.7 cm³/mol. The third-order valence-electron chi connectivity index (χ3n) is 3.71. The van der Waals surface area contributed by atoms with Gasteiger partial charge in [0.1, 0.15) is 29.3 Å². The summed E-state index contributed by atoms with van der Waals surface area (Å²) in [5.74, 6) is 0.398. The molecule has 0 fully saturated rings. The fraction of sp³-hybridized carbons (Fsp3) is 0.500. The molecule has 0 bridgehead atoms. The molecule has 2 atom stereocenters. The number of fused-ring (bicyclic) bond motifs is 2. The highest BCUT2D eigenvalue weighted by Gasteiger charge is 2.36. The Kier molecular flexibility index (Phi) is 2.30. The van der Waals surface area contributed by atoms with Crippen LogP contribution in [0.1, 0.15) is 40.9 Å². The van der Waals surface area contributed by atoms with Crippen molar-refractivity contribution >= 4 is 5.97 Å². The van der Waals surface area contributed by atoms with Gasteiger partial charge in [-0.25, -0.2) is 4.79 Å². The molecular formula is C14H16O4. The first-order valence-corrected chi connectivity index (χ1v) is 6.24. The van der Waals surface area contributed by atoms with Gasteiger partial charge in [0, 0.05) is 24.0 Å². The molecule has 0 saturated carbocycles. The van der Waals surface area contributed by atoms with Gasteiger partial charge in [-0.3, -0.25) is 0 Å². The Bertz CT molecular complexity index is 508. The van der Waals surface area contributed by atoms with Crippen molar-refractivity contribution in [2.75, 3.05) is 0 Å². The summed E-state index contributed by atoms with van der Waals surface area (Å²) in [6.07, 6.45) is 1.48. The van der Waals surface area contributed by atoms with E-state index in [9.17, 15) is 9.90 Å². The second-order valence-corrected chi connectivity index (χ2v) is 5.19. The number of aromatic carboxylic acids is 1. The highest BCUT2D eigenvalue weighted by Crippen LogP contribution is 2.46. The first-order chi connectivity index (χ1) is 8.49. The highest BCUT2D eigenvalue weighted by molar-refractivity contribution is 5.95. The number of carboxylic acid groups (broad SMARTS) is 1. The van der Waals surface area contributed by atoms with E-state index in [1.165, 1.54) is 0 Å². The molecule has 0 amide bonds. The zero-order valence-corrected chi connectivity index (χ0v) is 10.7. The lowest BCUT2D eigenvalue weighted by Gasteiger charge is -2.13. The Morgan fingerprint density at radius 3 is 2.28 bits per heavy atom. The minimum Gasteiger partial charge on any atom is -0.490 e. The molecule has 0 aromatic heterocycles. The van der Waals surface area contributed by atoms with Crippen LogP contribution in [0.2, 0.25) is 0 Å². The lowest BCUT2D eigenvalue weighted by molar-refractivity contribution is 0.0690. The molecule has 3 rings (SSSR count). The summed E-state index contributed by atoms with van der Waals surface area (Å²) in [5.41, 5.74) is 3.13. The molecule has 1 N–H and O–H groups in total. The molecular weight excluding hydrogens is 232 g/mol. The average Bonchev–Trinajstić information content (AvgIpc) is 2.81. The molecule has 0 aliphatic carbocycles. The summed E-state index contributed by atoms with van der Waals surface area (Å²) >= 11 is 0. The van der Waals surface area contributed by atoms with E-state index < -0.39 is 5.97 Å². The number of hydrogen-bond donors (Lipinski definition) is 1. The first kappa shape index (κ1) is 11.4. The van der Waals surface area contributed by atoms with Crippen molar-refractivity contribution in [3.8, 4) is 11.5 Å². The number of rotatable bonds is 1. The fourth-order valence-electron chi connectivity index (χ4n) is 2.95. The molecule has 2 heterocycles. The minimum atomic E-state index is -0.922. The van der Waals surface area contributed by atoms with Crippen molar-refractivity contribution in [1.29, 1.82) is 0 Å². The molecule has 4 nitrogen and oxygen atoms in total. The van der Waals surface area contributed by atoms with Gasteiger partial charge < -0.3 is 14.6 Å². The van der Waals surface area contributed by atoms with Crippen molar-refractivity contribution in [2.45, 2.75) is 45.8 Å². The molecule has 4 heteroatoms. The molecule has 2 unspecified atom stereocenters. The number of carboxylic acids is 1. The van der Waals surface area contributed by atoms with Crippen LogP contribution in [-0.2, 0) is 12.8 Å². The van der Waals surface area contributed by atoms with Gasteiger partial charge >= 0.3 is 5.97 Å². The summed E-state index contributed by atoms with van der Waals surface area (Å²) in [7, 11) is 0. The monoisotopic (exact) mass is 248 g/mol. The molecule has 0 spiro atoms. The van der Waals surface area contributed by atoms with Crippen LogP contribution in [-0.4, -0.2) is 23.3 Å². The van der Waals surface area contributed by atoms with Gasteiger partial charge in [0.05, 0.1) is 0 Å². The summed E-state index contributed by atoms with van der Waals surface area (Å²) in [4.78, 5) is 11.5. The van der Waals surface area contributed by atoms with Crippen molar-refractivity contribution in [2.24, 2.45) is 0 Å².